The van der Waals surface area contributed by atoms with Crippen LogP contribution >= 0.6 is 0 Å². The Hall–Kier alpha value is -2.59. The van der Waals surface area contributed by atoms with Crippen LogP contribution in [0.5, 0.6) is 5.75 Å². The first kappa shape index (κ1) is 22.2. The monoisotopic (exact) mass is 444 g/mol. The number of likely N-dealkylation sites (tertiary alicyclic amines) is 1. The van der Waals surface area contributed by atoms with Crippen LogP contribution in [0.3, 0.4) is 0 Å². The Morgan fingerprint density at radius 3 is 2.45 bits per heavy atom. The number of H-pyrrole nitrogens is 1. The number of aryl methyl sites for hydroxylation is 1. The van der Waals surface area contributed by atoms with Crippen molar-refractivity contribution in [3.05, 3.63) is 65.4 Å². The summed E-state index contributed by atoms with van der Waals surface area (Å²) in [6.07, 6.45) is 9.57. The van der Waals surface area contributed by atoms with Crippen LogP contribution in [0.25, 0.3) is 10.9 Å². The molecule has 0 radical (unpaired) electrons. The molecular weight excluding hydrogens is 408 g/mol. The van der Waals surface area contributed by atoms with Gasteiger partial charge in [-0.05, 0) is 82.7 Å². The van der Waals surface area contributed by atoms with Gasteiger partial charge in [-0.2, -0.15) is 0 Å². The van der Waals surface area contributed by atoms with Gasteiger partial charge in [-0.25, -0.2) is 0 Å². The van der Waals surface area contributed by atoms with Gasteiger partial charge < -0.3 is 14.6 Å². The molecule has 0 amide bonds. The van der Waals surface area contributed by atoms with Gasteiger partial charge in [0.15, 0.2) is 5.78 Å². The highest BCUT2D eigenvalue weighted by atomic mass is 16.5. The number of aromatic nitrogens is 1. The number of piperidine rings is 1. The predicted molar refractivity (Wildman–Crippen MR) is 134 cm³/mol. The largest absolute Gasteiger partial charge is 0.487 e. The summed E-state index contributed by atoms with van der Waals surface area (Å²) in [4.78, 5) is 19.7. The highest BCUT2D eigenvalue weighted by molar-refractivity contribution is 6.09. The van der Waals surface area contributed by atoms with E-state index in [1.165, 1.54) is 63.6 Å². The van der Waals surface area contributed by atoms with Crippen LogP contribution in [0.2, 0.25) is 0 Å². The van der Waals surface area contributed by atoms with Crippen LogP contribution in [-0.4, -0.2) is 34.8 Å². The van der Waals surface area contributed by atoms with Crippen molar-refractivity contribution in [2.45, 2.75) is 70.9 Å². The molecule has 1 aliphatic carbocycles. The van der Waals surface area contributed by atoms with Gasteiger partial charge in [0.2, 0.25) is 0 Å². The molecule has 0 unspecified atom stereocenters. The minimum atomic E-state index is 0.261. The second-order valence-corrected chi connectivity index (χ2v) is 10.0. The second-order valence-electron chi connectivity index (χ2n) is 10.0. The smallest absolute Gasteiger partial charge is 0.165 e. The molecule has 33 heavy (non-hydrogen) atoms. The topological polar surface area (TPSA) is 45.3 Å². The van der Waals surface area contributed by atoms with E-state index in [0.29, 0.717) is 18.9 Å². The molecule has 2 aromatic carbocycles. The first-order valence-corrected chi connectivity index (χ1v) is 12.7. The Morgan fingerprint density at radius 2 is 1.70 bits per heavy atom. The number of para-hydroxylation sites is 1. The molecule has 4 heteroatoms. The maximum absolute atomic E-state index is 13.6. The molecule has 1 saturated heterocycles. The fraction of sp³-hybridized carbons (Fsp3) is 0.483. The van der Waals surface area contributed by atoms with Crippen molar-refractivity contribution in [3.63, 3.8) is 0 Å². The third-order valence-electron chi connectivity index (χ3n) is 7.66. The lowest BCUT2D eigenvalue weighted by molar-refractivity contribution is 0.0891. The van der Waals surface area contributed by atoms with E-state index in [0.717, 1.165) is 34.0 Å². The van der Waals surface area contributed by atoms with Crippen molar-refractivity contribution in [1.82, 2.24) is 9.88 Å². The van der Waals surface area contributed by atoms with Gasteiger partial charge in [-0.15, -0.1) is 0 Å². The van der Waals surface area contributed by atoms with Gasteiger partial charge in [-0.3, -0.25) is 4.79 Å². The molecule has 2 heterocycles. The SMILES string of the molecule is Cc1ccc(OCc2[nH]c3ccccc3c2C(=O)CC2CCC(N3CCCCC3)CC2)cc1. The van der Waals surface area contributed by atoms with Crippen molar-refractivity contribution in [3.8, 4) is 5.75 Å². The number of Topliss-reactive ketones (excluding diaryl/α,β-unsaturated/α-hetero) is 1. The second kappa shape index (κ2) is 10.1. The zero-order valence-corrected chi connectivity index (χ0v) is 19.8. The van der Waals surface area contributed by atoms with E-state index >= 15 is 0 Å². The number of nitrogens with one attached hydrogen (secondary N) is 1. The summed E-state index contributed by atoms with van der Waals surface area (Å²) in [6.45, 7) is 4.99. The summed E-state index contributed by atoms with van der Waals surface area (Å²) in [5, 5.41) is 1.02. The Morgan fingerprint density at radius 1 is 0.970 bits per heavy atom. The summed E-state index contributed by atoms with van der Waals surface area (Å²) in [7, 11) is 0. The van der Waals surface area contributed by atoms with Crippen LogP contribution in [0.15, 0.2) is 48.5 Å². The van der Waals surface area contributed by atoms with Gasteiger partial charge in [-0.1, -0.05) is 42.3 Å². The van der Waals surface area contributed by atoms with Gasteiger partial charge >= 0.3 is 0 Å². The molecule has 174 valence electrons. The lowest BCUT2D eigenvalue weighted by Crippen LogP contribution is -2.41. The van der Waals surface area contributed by atoms with Crippen LogP contribution in [0.4, 0.5) is 0 Å². The van der Waals surface area contributed by atoms with E-state index < -0.39 is 0 Å². The summed E-state index contributed by atoms with van der Waals surface area (Å²) in [5.74, 6) is 1.59. The number of hydrogen-bond donors (Lipinski definition) is 1. The van der Waals surface area contributed by atoms with Gasteiger partial charge in [0, 0.05) is 28.9 Å². The lowest BCUT2D eigenvalue weighted by atomic mass is 9.81. The third kappa shape index (κ3) is 5.16. The molecule has 0 atom stereocenters. The number of benzene rings is 2. The molecule has 0 bridgehead atoms. The van der Waals surface area contributed by atoms with Crippen molar-refractivity contribution >= 4 is 16.7 Å². The number of aromatic amines is 1. The van der Waals surface area contributed by atoms with Gasteiger partial charge in [0.05, 0.1) is 5.69 Å². The zero-order valence-electron chi connectivity index (χ0n) is 19.8. The Balaban J connectivity index is 1.26. The average Bonchev–Trinajstić information content (AvgIpc) is 3.23. The quantitative estimate of drug-likeness (QED) is 0.414. The number of carbonyl (C=O) groups is 1. The number of fused-ring (bicyclic) bond motifs is 1. The van der Waals surface area contributed by atoms with E-state index in [1.807, 2.05) is 42.5 Å². The minimum absolute atomic E-state index is 0.261. The van der Waals surface area contributed by atoms with E-state index in [9.17, 15) is 4.79 Å². The fourth-order valence-electron chi connectivity index (χ4n) is 5.78. The molecule has 1 aliphatic heterocycles. The summed E-state index contributed by atoms with van der Waals surface area (Å²) >= 11 is 0. The lowest BCUT2D eigenvalue weighted by Gasteiger charge is -2.38. The molecule has 1 N–H and O–H groups in total. The van der Waals surface area contributed by atoms with E-state index in [2.05, 4.69) is 22.9 Å². The highest BCUT2D eigenvalue weighted by Gasteiger charge is 2.29. The van der Waals surface area contributed by atoms with Gasteiger partial charge in [0.1, 0.15) is 12.4 Å². The summed E-state index contributed by atoms with van der Waals surface area (Å²) in [5.41, 5.74) is 3.94. The number of carbonyl (C=O) groups excluding carboxylic acids is 1. The zero-order chi connectivity index (χ0) is 22.6. The fourth-order valence-corrected chi connectivity index (χ4v) is 5.78. The molecule has 3 aromatic rings. The van der Waals surface area contributed by atoms with Crippen LogP contribution < -0.4 is 4.74 Å². The normalized spacial score (nSPS) is 21.8. The summed E-state index contributed by atoms with van der Waals surface area (Å²) < 4.78 is 6.05. The van der Waals surface area contributed by atoms with Crippen LogP contribution in [0, 0.1) is 12.8 Å². The van der Waals surface area contributed by atoms with Crippen molar-refractivity contribution in [2.24, 2.45) is 5.92 Å². The first-order valence-electron chi connectivity index (χ1n) is 12.7. The number of hydrogen-bond acceptors (Lipinski definition) is 3. The number of rotatable bonds is 7. The molecule has 5 rings (SSSR count). The highest BCUT2D eigenvalue weighted by Crippen LogP contribution is 2.33. The van der Waals surface area contributed by atoms with Gasteiger partial charge in [0.25, 0.3) is 0 Å². The molecule has 2 fully saturated rings. The maximum Gasteiger partial charge on any atom is 0.165 e. The maximum atomic E-state index is 13.6. The molecule has 0 spiro atoms. The van der Waals surface area contributed by atoms with E-state index in [4.69, 9.17) is 4.74 Å². The predicted octanol–water partition coefficient (Wildman–Crippen LogP) is 6.67. The standard InChI is InChI=1S/C29H36N2O2/c1-21-9-15-24(16-10-21)33-20-27-29(25-7-3-4-8-26(25)30-27)28(32)19-22-11-13-23(14-12-22)31-17-5-2-6-18-31/h3-4,7-10,15-16,22-23,30H,2,5-6,11-14,17-20H2,1H3. The van der Waals surface area contributed by atoms with Crippen molar-refractivity contribution in [1.29, 1.82) is 0 Å². The number of ketones is 1. The Kier molecular flexibility index (Phi) is 6.82. The van der Waals surface area contributed by atoms with E-state index in [-0.39, 0.29) is 5.78 Å². The average molecular weight is 445 g/mol. The Labute approximate surface area is 197 Å². The first-order chi connectivity index (χ1) is 16.2. The molecule has 2 aliphatic rings. The third-order valence-corrected chi connectivity index (χ3v) is 7.66. The number of nitrogens with zero attached hydrogens (tertiary/aromatic N) is 1. The Bertz CT molecular complexity index is 1070. The van der Waals surface area contributed by atoms with Crippen molar-refractivity contribution < 1.29 is 9.53 Å². The molecular formula is C29H36N2O2. The molecule has 1 aromatic heterocycles. The molecule has 1 saturated carbocycles. The van der Waals surface area contributed by atoms with Crippen LogP contribution in [-0.2, 0) is 6.61 Å². The minimum Gasteiger partial charge on any atom is -0.487 e. The van der Waals surface area contributed by atoms with Crippen molar-refractivity contribution in [2.75, 3.05) is 13.1 Å². The summed E-state index contributed by atoms with van der Waals surface area (Å²) in [6, 6.07) is 16.9. The van der Waals surface area contributed by atoms with E-state index in [1.54, 1.807) is 0 Å². The molecule has 4 nitrogen and oxygen atoms in total. The van der Waals surface area contributed by atoms with Crippen LogP contribution in [0.1, 0.15) is 73.0 Å². The number of ether oxygens (including phenoxy) is 1.